The van der Waals surface area contributed by atoms with Crippen molar-refractivity contribution in [3.05, 3.63) is 89.5 Å². The van der Waals surface area contributed by atoms with E-state index < -0.39 is 18.7 Å². The van der Waals surface area contributed by atoms with E-state index in [1.165, 1.54) is 5.56 Å². The molecule has 3 aromatic carbocycles. The van der Waals surface area contributed by atoms with Crippen molar-refractivity contribution in [2.75, 3.05) is 16.8 Å². The van der Waals surface area contributed by atoms with Crippen LogP contribution in [0.4, 0.5) is 11.4 Å². The van der Waals surface area contributed by atoms with Crippen LogP contribution in [0.3, 0.4) is 0 Å². The first kappa shape index (κ1) is 19.5. The van der Waals surface area contributed by atoms with E-state index in [4.69, 9.17) is 4.74 Å². The van der Waals surface area contributed by atoms with E-state index in [2.05, 4.69) is 12.2 Å². The topological polar surface area (TPSA) is 81.7 Å². The minimum atomic E-state index is -1.31. The molecule has 1 amide bonds. The average molecular weight is 401 g/mol. The highest BCUT2D eigenvalue weighted by atomic mass is 16.5. The van der Waals surface area contributed by atoms with Gasteiger partial charge in [0.05, 0.1) is 11.5 Å². The molecule has 1 N–H and O–H groups in total. The number of hydrogen-bond acceptors (Lipinski definition) is 5. The van der Waals surface area contributed by atoms with Gasteiger partial charge >= 0.3 is 0 Å². The Morgan fingerprint density at radius 2 is 1.73 bits per heavy atom. The van der Waals surface area contributed by atoms with E-state index in [0.717, 1.165) is 12.1 Å². The Morgan fingerprint density at radius 3 is 2.47 bits per heavy atom. The summed E-state index contributed by atoms with van der Waals surface area (Å²) >= 11 is 0. The van der Waals surface area contributed by atoms with Crippen LogP contribution in [0.2, 0.25) is 0 Å². The van der Waals surface area contributed by atoms with Crippen LogP contribution in [-0.4, -0.2) is 18.5 Å². The number of carbonyl (C=O) groups excluding carboxylic acids is 2. The molecule has 1 atom stereocenters. The second-order valence-electron chi connectivity index (χ2n) is 6.99. The molecular formula is C24H21N2O4-. The molecule has 30 heavy (non-hydrogen) atoms. The minimum Gasteiger partial charge on any atom is -0.546 e. The molecule has 1 aliphatic heterocycles. The molecule has 0 fully saturated rings. The number of anilines is 2. The average Bonchev–Trinajstić information content (AvgIpc) is 2.78. The number of amides is 1. The van der Waals surface area contributed by atoms with Gasteiger partial charge in [0.1, 0.15) is 18.5 Å². The lowest BCUT2D eigenvalue weighted by molar-refractivity contribution is -0.307. The summed E-state index contributed by atoms with van der Waals surface area (Å²) in [6.45, 7) is 1.51. The molecule has 0 radical (unpaired) electrons. The fourth-order valence-corrected chi connectivity index (χ4v) is 3.60. The molecule has 1 aliphatic rings. The number of carboxylic acid groups (broad SMARTS) is 1. The van der Waals surface area contributed by atoms with Crippen molar-refractivity contribution in [1.29, 1.82) is 0 Å². The van der Waals surface area contributed by atoms with Crippen molar-refractivity contribution in [1.82, 2.24) is 0 Å². The van der Waals surface area contributed by atoms with E-state index in [0.29, 0.717) is 22.6 Å². The van der Waals surface area contributed by atoms with Crippen LogP contribution in [0.5, 0.6) is 5.75 Å². The van der Waals surface area contributed by atoms with E-state index >= 15 is 0 Å². The number of aliphatic carboxylic acids is 1. The molecule has 152 valence electrons. The van der Waals surface area contributed by atoms with Gasteiger partial charge in [-0.3, -0.25) is 9.69 Å². The number of hydrogen-bond donors (Lipinski definition) is 1. The van der Waals surface area contributed by atoms with Gasteiger partial charge in [0.25, 0.3) is 5.91 Å². The standard InChI is InChI=1S/C24H22N2O4/c1-2-16-11-13-17(14-12-16)26-23(25-20-9-5-3-7-18(20)24(26)29)19-8-4-6-10-21(19)30-15-22(27)28/h3-14,23,25H,2,15H2,1H3,(H,27,28)/p-1/t23-/m1/s1. The van der Waals surface area contributed by atoms with E-state index in [9.17, 15) is 14.7 Å². The molecule has 4 rings (SSSR count). The van der Waals surface area contributed by atoms with Crippen molar-refractivity contribution in [3.8, 4) is 5.75 Å². The van der Waals surface area contributed by atoms with Crippen LogP contribution in [-0.2, 0) is 11.2 Å². The number of nitrogens with zero attached hydrogens (tertiary/aromatic N) is 1. The van der Waals surface area contributed by atoms with E-state index in [1.807, 2.05) is 54.6 Å². The van der Waals surface area contributed by atoms with Crippen LogP contribution >= 0.6 is 0 Å². The summed E-state index contributed by atoms with van der Waals surface area (Å²) in [5, 5.41) is 14.3. The molecule has 1 heterocycles. The van der Waals surface area contributed by atoms with Gasteiger partial charge in [0.15, 0.2) is 0 Å². The second kappa shape index (κ2) is 8.29. The van der Waals surface area contributed by atoms with Crippen LogP contribution in [0, 0.1) is 0 Å². The van der Waals surface area contributed by atoms with Crippen molar-refractivity contribution in [3.63, 3.8) is 0 Å². The molecule has 6 nitrogen and oxygen atoms in total. The summed E-state index contributed by atoms with van der Waals surface area (Å²) in [6, 6.07) is 22.2. The molecule has 0 spiro atoms. The maximum Gasteiger partial charge on any atom is 0.262 e. The molecule has 0 bridgehead atoms. The zero-order chi connectivity index (χ0) is 21.1. The molecule has 0 unspecified atom stereocenters. The summed E-state index contributed by atoms with van der Waals surface area (Å²) in [6.07, 6.45) is 0.330. The van der Waals surface area contributed by atoms with Crippen molar-refractivity contribution in [2.24, 2.45) is 0 Å². The summed E-state index contributed by atoms with van der Waals surface area (Å²) in [4.78, 5) is 26.0. The lowest BCUT2D eigenvalue weighted by Crippen LogP contribution is -2.43. The zero-order valence-electron chi connectivity index (χ0n) is 16.5. The number of aryl methyl sites for hydroxylation is 1. The molecule has 0 saturated carbocycles. The molecule has 6 heteroatoms. The molecule has 3 aromatic rings. The fourth-order valence-electron chi connectivity index (χ4n) is 3.60. The van der Waals surface area contributed by atoms with Gasteiger partial charge in [-0.2, -0.15) is 0 Å². The Bertz CT molecular complexity index is 1080. The lowest BCUT2D eigenvalue weighted by atomic mass is 10.0. The predicted octanol–water partition coefficient (Wildman–Crippen LogP) is 3.15. The largest absolute Gasteiger partial charge is 0.546 e. The van der Waals surface area contributed by atoms with Gasteiger partial charge in [-0.25, -0.2) is 0 Å². The Balaban J connectivity index is 1.81. The summed E-state index contributed by atoms with van der Waals surface area (Å²) in [5.41, 5.74) is 3.84. The summed E-state index contributed by atoms with van der Waals surface area (Å²) in [7, 11) is 0. The Kier molecular flexibility index (Phi) is 5.39. The van der Waals surface area contributed by atoms with Crippen LogP contribution < -0.4 is 20.1 Å². The highest BCUT2D eigenvalue weighted by molar-refractivity contribution is 6.12. The number of fused-ring (bicyclic) bond motifs is 1. The Morgan fingerprint density at radius 1 is 1.03 bits per heavy atom. The quantitative estimate of drug-likeness (QED) is 0.686. The fraction of sp³-hybridized carbons (Fsp3) is 0.167. The first-order valence-corrected chi connectivity index (χ1v) is 9.78. The number of carbonyl (C=O) groups is 2. The van der Waals surface area contributed by atoms with E-state index in [-0.39, 0.29) is 5.91 Å². The highest BCUT2D eigenvalue weighted by Crippen LogP contribution is 2.39. The number of carboxylic acids is 1. The number of benzene rings is 3. The molecule has 0 saturated heterocycles. The number of para-hydroxylation sites is 2. The zero-order valence-corrected chi connectivity index (χ0v) is 16.5. The highest BCUT2D eigenvalue weighted by Gasteiger charge is 2.35. The maximum absolute atomic E-state index is 13.5. The van der Waals surface area contributed by atoms with Crippen LogP contribution in [0.25, 0.3) is 0 Å². The van der Waals surface area contributed by atoms with Gasteiger partial charge in [0.2, 0.25) is 0 Å². The van der Waals surface area contributed by atoms with Gasteiger partial charge in [-0.05, 0) is 42.3 Å². The number of nitrogens with one attached hydrogen (secondary N) is 1. The lowest BCUT2D eigenvalue weighted by Gasteiger charge is -2.38. The van der Waals surface area contributed by atoms with E-state index in [1.54, 1.807) is 23.1 Å². The van der Waals surface area contributed by atoms with Crippen molar-refractivity contribution in [2.45, 2.75) is 19.5 Å². The molecule has 0 aliphatic carbocycles. The molecular weight excluding hydrogens is 380 g/mol. The number of ether oxygens (including phenoxy) is 1. The van der Waals surface area contributed by atoms with Gasteiger partial charge in [-0.15, -0.1) is 0 Å². The number of rotatable bonds is 6. The third kappa shape index (κ3) is 3.72. The minimum absolute atomic E-state index is 0.145. The van der Waals surface area contributed by atoms with Gasteiger partial charge < -0.3 is 20.0 Å². The third-order valence-corrected chi connectivity index (χ3v) is 5.11. The predicted molar refractivity (Wildman–Crippen MR) is 112 cm³/mol. The Hall–Kier alpha value is -3.80. The summed E-state index contributed by atoms with van der Waals surface area (Å²) in [5.74, 6) is -1.08. The van der Waals surface area contributed by atoms with Gasteiger partial charge in [0, 0.05) is 16.9 Å². The van der Waals surface area contributed by atoms with Crippen molar-refractivity contribution >= 4 is 23.3 Å². The summed E-state index contributed by atoms with van der Waals surface area (Å²) < 4.78 is 5.46. The monoisotopic (exact) mass is 401 g/mol. The SMILES string of the molecule is CCc1ccc(N2C(=O)c3ccccc3N[C@H]2c2ccccc2OCC(=O)[O-])cc1. The van der Waals surface area contributed by atoms with Crippen LogP contribution in [0.15, 0.2) is 72.8 Å². The smallest absolute Gasteiger partial charge is 0.262 e. The first-order chi connectivity index (χ1) is 14.6. The van der Waals surface area contributed by atoms with Gasteiger partial charge in [-0.1, -0.05) is 49.4 Å². The molecule has 0 aromatic heterocycles. The Labute approximate surface area is 174 Å². The maximum atomic E-state index is 13.5. The van der Waals surface area contributed by atoms with Crippen molar-refractivity contribution < 1.29 is 19.4 Å². The van der Waals surface area contributed by atoms with Crippen LogP contribution in [0.1, 0.15) is 34.6 Å². The normalized spacial score (nSPS) is 15.3. The second-order valence-corrected chi connectivity index (χ2v) is 6.99. The third-order valence-electron chi connectivity index (χ3n) is 5.11. The first-order valence-electron chi connectivity index (χ1n) is 9.78.